The van der Waals surface area contributed by atoms with Crippen LogP contribution in [-0.2, 0) is 0 Å². The van der Waals surface area contributed by atoms with Gasteiger partial charge in [-0.05, 0) is 11.1 Å². The van der Waals surface area contributed by atoms with Crippen molar-refractivity contribution in [2.75, 3.05) is 0 Å². The summed E-state index contributed by atoms with van der Waals surface area (Å²) in [6.45, 7) is 0. The predicted octanol–water partition coefficient (Wildman–Crippen LogP) is 3.22. The minimum Gasteiger partial charge on any atom is -0.475 e. The Morgan fingerprint density at radius 1 is 0.952 bits per heavy atom. The van der Waals surface area contributed by atoms with Crippen molar-refractivity contribution >= 4 is 5.97 Å². The highest BCUT2D eigenvalue weighted by Crippen LogP contribution is 2.27. The maximum atomic E-state index is 11.4. The number of carboxylic acid groups (broad SMARTS) is 1. The summed E-state index contributed by atoms with van der Waals surface area (Å²) in [5.41, 5.74) is 2.04. The third kappa shape index (κ3) is 2.56. The molecular formula is C17H14N2O2. The van der Waals surface area contributed by atoms with Gasteiger partial charge >= 0.3 is 5.97 Å². The summed E-state index contributed by atoms with van der Waals surface area (Å²) >= 11 is 0. The molecule has 3 aromatic rings. The zero-order valence-electron chi connectivity index (χ0n) is 11.3. The molecule has 0 fully saturated rings. The van der Waals surface area contributed by atoms with Crippen molar-refractivity contribution in [3.05, 3.63) is 90.0 Å². The van der Waals surface area contributed by atoms with E-state index in [1.54, 1.807) is 10.8 Å². The van der Waals surface area contributed by atoms with Crippen LogP contribution in [0.5, 0.6) is 0 Å². The summed E-state index contributed by atoms with van der Waals surface area (Å²) in [5.74, 6) is -0.996. The van der Waals surface area contributed by atoms with Crippen LogP contribution in [-0.4, -0.2) is 20.6 Å². The van der Waals surface area contributed by atoms with Gasteiger partial charge in [0.05, 0.1) is 6.04 Å². The Bertz CT molecular complexity index is 696. The molecular weight excluding hydrogens is 264 g/mol. The van der Waals surface area contributed by atoms with E-state index >= 15 is 0 Å². The zero-order valence-corrected chi connectivity index (χ0v) is 11.3. The first kappa shape index (κ1) is 13.1. The Labute approximate surface area is 122 Å². The van der Waals surface area contributed by atoms with E-state index in [9.17, 15) is 9.90 Å². The van der Waals surface area contributed by atoms with Crippen LogP contribution in [0.15, 0.2) is 73.1 Å². The van der Waals surface area contributed by atoms with Crippen LogP contribution in [0.25, 0.3) is 0 Å². The monoisotopic (exact) mass is 278 g/mol. The second-order valence-corrected chi connectivity index (χ2v) is 4.69. The summed E-state index contributed by atoms with van der Waals surface area (Å²) in [6.07, 6.45) is 3.22. The molecule has 4 heteroatoms. The molecule has 0 atom stereocenters. The second-order valence-electron chi connectivity index (χ2n) is 4.69. The fourth-order valence-corrected chi connectivity index (χ4v) is 2.47. The molecule has 21 heavy (non-hydrogen) atoms. The summed E-state index contributed by atoms with van der Waals surface area (Å²) in [7, 11) is 0. The van der Waals surface area contributed by atoms with Crippen molar-refractivity contribution in [3.8, 4) is 0 Å². The summed E-state index contributed by atoms with van der Waals surface area (Å²) in [5, 5.41) is 9.31. The van der Waals surface area contributed by atoms with Gasteiger partial charge in [-0.15, -0.1) is 0 Å². The molecule has 0 saturated carbocycles. The van der Waals surface area contributed by atoms with Gasteiger partial charge in [-0.25, -0.2) is 9.78 Å². The number of carbonyl (C=O) groups is 1. The summed E-state index contributed by atoms with van der Waals surface area (Å²) < 4.78 is 1.69. The van der Waals surface area contributed by atoms with Gasteiger partial charge in [-0.1, -0.05) is 60.7 Å². The highest BCUT2D eigenvalue weighted by Gasteiger charge is 2.21. The van der Waals surface area contributed by atoms with Gasteiger partial charge in [0.2, 0.25) is 5.82 Å². The number of aromatic nitrogens is 2. The van der Waals surface area contributed by atoms with Gasteiger partial charge in [-0.3, -0.25) is 0 Å². The van der Waals surface area contributed by atoms with E-state index in [0.717, 1.165) is 11.1 Å². The van der Waals surface area contributed by atoms with Crippen LogP contribution in [0.3, 0.4) is 0 Å². The topological polar surface area (TPSA) is 55.1 Å². The minimum absolute atomic E-state index is 0.0349. The Morgan fingerprint density at radius 3 is 1.95 bits per heavy atom. The van der Waals surface area contributed by atoms with Gasteiger partial charge in [0, 0.05) is 12.4 Å². The van der Waals surface area contributed by atoms with Crippen molar-refractivity contribution in [3.63, 3.8) is 0 Å². The van der Waals surface area contributed by atoms with Gasteiger partial charge in [0.25, 0.3) is 0 Å². The first-order chi connectivity index (χ1) is 10.3. The van der Waals surface area contributed by atoms with E-state index in [0.29, 0.717) is 0 Å². The smallest absolute Gasteiger partial charge is 0.372 e. The molecule has 0 unspecified atom stereocenters. The molecule has 1 aromatic heterocycles. The third-order valence-electron chi connectivity index (χ3n) is 3.37. The molecule has 0 saturated heterocycles. The lowest BCUT2D eigenvalue weighted by molar-refractivity contribution is 0.0677. The Hall–Kier alpha value is -2.88. The molecule has 4 nitrogen and oxygen atoms in total. The highest BCUT2D eigenvalue weighted by molar-refractivity contribution is 5.83. The van der Waals surface area contributed by atoms with Crippen molar-refractivity contribution < 1.29 is 9.90 Å². The van der Waals surface area contributed by atoms with Crippen molar-refractivity contribution in [2.45, 2.75) is 6.04 Å². The lowest BCUT2D eigenvalue weighted by Gasteiger charge is -2.21. The molecule has 0 spiro atoms. The molecule has 1 heterocycles. The SMILES string of the molecule is O=C(O)c1nccn1C(c1ccccc1)c1ccccc1. The number of imidazole rings is 1. The average molecular weight is 278 g/mol. The van der Waals surface area contributed by atoms with Crippen LogP contribution in [0.4, 0.5) is 0 Å². The summed E-state index contributed by atoms with van der Waals surface area (Å²) in [6, 6.07) is 19.4. The van der Waals surface area contributed by atoms with Crippen LogP contribution < -0.4 is 0 Å². The molecule has 2 aromatic carbocycles. The van der Waals surface area contributed by atoms with E-state index in [1.807, 2.05) is 60.7 Å². The standard InChI is InChI=1S/C17H14N2O2/c20-17(21)16-18-11-12-19(16)15(13-7-3-1-4-8-13)14-9-5-2-6-10-14/h1-12,15H,(H,20,21). The second kappa shape index (κ2) is 5.63. The molecule has 0 aliphatic carbocycles. The first-order valence-corrected chi connectivity index (χ1v) is 6.63. The molecule has 0 aliphatic rings. The van der Waals surface area contributed by atoms with Crippen LogP contribution in [0.2, 0.25) is 0 Å². The number of hydrogen-bond acceptors (Lipinski definition) is 2. The maximum absolute atomic E-state index is 11.4. The number of hydrogen-bond donors (Lipinski definition) is 1. The normalized spacial score (nSPS) is 10.7. The Balaban J connectivity index is 2.18. The lowest BCUT2D eigenvalue weighted by Crippen LogP contribution is -2.17. The molecule has 0 aliphatic heterocycles. The Morgan fingerprint density at radius 2 is 1.48 bits per heavy atom. The average Bonchev–Trinajstić information content (AvgIpc) is 2.99. The van der Waals surface area contributed by atoms with E-state index in [-0.39, 0.29) is 11.9 Å². The molecule has 104 valence electrons. The number of nitrogens with zero attached hydrogens (tertiary/aromatic N) is 2. The predicted molar refractivity (Wildman–Crippen MR) is 79.3 cm³/mol. The third-order valence-corrected chi connectivity index (χ3v) is 3.37. The van der Waals surface area contributed by atoms with Gasteiger partial charge in [-0.2, -0.15) is 0 Å². The Kier molecular flexibility index (Phi) is 3.51. The van der Waals surface area contributed by atoms with E-state index in [4.69, 9.17) is 0 Å². The first-order valence-electron chi connectivity index (χ1n) is 6.63. The van der Waals surface area contributed by atoms with E-state index < -0.39 is 5.97 Å². The van der Waals surface area contributed by atoms with Crippen LogP contribution in [0, 0.1) is 0 Å². The molecule has 0 radical (unpaired) electrons. The van der Waals surface area contributed by atoms with Crippen molar-refractivity contribution in [1.29, 1.82) is 0 Å². The zero-order chi connectivity index (χ0) is 14.7. The number of aromatic carboxylic acids is 1. The minimum atomic E-state index is -1.03. The largest absolute Gasteiger partial charge is 0.475 e. The fourth-order valence-electron chi connectivity index (χ4n) is 2.47. The lowest BCUT2D eigenvalue weighted by atomic mass is 9.98. The highest BCUT2D eigenvalue weighted by atomic mass is 16.4. The van der Waals surface area contributed by atoms with E-state index in [1.165, 1.54) is 6.20 Å². The van der Waals surface area contributed by atoms with Crippen molar-refractivity contribution in [2.24, 2.45) is 0 Å². The van der Waals surface area contributed by atoms with E-state index in [2.05, 4.69) is 4.98 Å². The van der Waals surface area contributed by atoms with Gasteiger partial charge in [0.1, 0.15) is 0 Å². The number of benzene rings is 2. The van der Waals surface area contributed by atoms with Gasteiger partial charge < -0.3 is 9.67 Å². The molecule has 1 N–H and O–H groups in total. The quantitative estimate of drug-likeness (QED) is 0.797. The maximum Gasteiger partial charge on any atom is 0.372 e. The fraction of sp³-hybridized carbons (Fsp3) is 0.0588. The van der Waals surface area contributed by atoms with Gasteiger partial charge in [0.15, 0.2) is 0 Å². The van der Waals surface area contributed by atoms with Crippen LogP contribution >= 0.6 is 0 Å². The number of rotatable bonds is 4. The summed E-state index contributed by atoms with van der Waals surface area (Å²) in [4.78, 5) is 15.3. The van der Waals surface area contributed by atoms with Crippen molar-refractivity contribution in [1.82, 2.24) is 9.55 Å². The molecule has 0 bridgehead atoms. The van der Waals surface area contributed by atoms with Crippen LogP contribution in [0.1, 0.15) is 27.8 Å². The number of carboxylic acids is 1. The molecule has 3 rings (SSSR count). The molecule has 0 amide bonds.